The smallest absolute Gasteiger partial charge is 0.279 e. The molecule has 2 aromatic carbocycles. The molecule has 1 amide bonds. The predicted molar refractivity (Wildman–Crippen MR) is 99.4 cm³/mol. The van der Waals surface area contributed by atoms with Gasteiger partial charge in [-0.3, -0.25) is 14.1 Å². The number of amides is 1. The lowest BCUT2D eigenvalue weighted by Gasteiger charge is -2.39. The molecule has 1 atom stereocenters. The van der Waals surface area contributed by atoms with Gasteiger partial charge < -0.3 is 10.2 Å². The molecule has 1 aliphatic rings. The van der Waals surface area contributed by atoms with Crippen molar-refractivity contribution < 1.29 is 14.1 Å². The van der Waals surface area contributed by atoms with Crippen molar-refractivity contribution >= 4 is 23.6 Å². The molecule has 0 fully saturated rings. The number of aldehydes is 1. The second-order valence-electron chi connectivity index (χ2n) is 6.97. The molecule has 130 valence electrons. The van der Waals surface area contributed by atoms with Gasteiger partial charge in [0.15, 0.2) is 12.8 Å². The number of nitrogens with one attached hydrogen (secondary N) is 1. The minimum Gasteiger partial charge on any atom is -0.321 e. The van der Waals surface area contributed by atoms with Crippen molar-refractivity contribution in [1.29, 1.82) is 0 Å². The van der Waals surface area contributed by atoms with Crippen LogP contribution >= 0.6 is 0 Å². The van der Waals surface area contributed by atoms with Crippen molar-refractivity contribution in [3.8, 4) is 0 Å². The van der Waals surface area contributed by atoms with Gasteiger partial charge in [0.25, 0.3) is 5.91 Å². The Kier molecular flexibility index (Phi) is 4.86. The molecule has 5 nitrogen and oxygen atoms in total. The molecule has 0 bridgehead atoms. The first-order chi connectivity index (χ1) is 12.0. The highest BCUT2D eigenvalue weighted by Crippen LogP contribution is 2.30. The van der Waals surface area contributed by atoms with Crippen LogP contribution in [0, 0.1) is 0 Å². The quantitative estimate of drug-likeness (QED) is 0.649. The normalized spacial score (nSPS) is 14.7. The number of carbonyl (C=O) groups excluding carboxylic acids is 2. The molecule has 1 unspecified atom stereocenters. The Morgan fingerprint density at radius 3 is 2.56 bits per heavy atom. The summed E-state index contributed by atoms with van der Waals surface area (Å²) < 4.78 is 0.274. The number of hydrogen-bond acceptors (Lipinski definition) is 3. The van der Waals surface area contributed by atoms with E-state index in [9.17, 15) is 9.59 Å². The third-order valence-electron chi connectivity index (χ3n) is 4.69. The standard InChI is InChI=1S/C20H23N3O2/c1-23(2,14-19(25)21-17-9-4-3-5-10-17)20(15-24)22-13-12-16-8-6-7-11-18(16)22/h3-11,15,20H,12-14H2,1-2H3/p+1. The number of likely N-dealkylation sites (N-methyl/N-ethyl adjacent to an activating group) is 1. The second-order valence-corrected chi connectivity index (χ2v) is 6.97. The number of hydrogen-bond donors (Lipinski definition) is 1. The highest BCUT2D eigenvalue weighted by atomic mass is 16.2. The molecule has 0 saturated heterocycles. The van der Waals surface area contributed by atoms with Gasteiger partial charge in [-0.25, -0.2) is 0 Å². The maximum Gasteiger partial charge on any atom is 0.279 e. The van der Waals surface area contributed by atoms with Crippen LogP contribution in [-0.2, 0) is 16.0 Å². The highest BCUT2D eigenvalue weighted by Gasteiger charge is 2.38. The molecular weight excluding hydrogens is 314 g/mol. The fourth-order valence-electron chi connectivity index (χ4n) is 3.44. The summed E-state index contributed by atoms with van der Waals surface area (Å²) >= 11 is 0. The van der Waals surface area contributed by atoms with E-state index in [4.69, 9.17) is 0 Å². The third-order valence-corrected chi connectivity index (χ3v) is 4.69. The summed E-state index contributed by atoms with van der Waals surface area (Å²) in [5.41, 5.74) is 3.11. The van der Waals surface area contributed by atoms with Crippen LogP contribution in [0.4, 0.5) is 11.4 Å². The molecule has 2 aromatic rings. The average Bonchev–Trinajstić information content (AvgIpc) is 2.99. The minimum atomic E-state index is -0.398. The Morgan fingerprint density at radius 1 is 1.16 bits per heavy atom. The number of nitrogens with zero attached hydrogens (tertiary/aromatic N) is 2. The van der Waals surface area contributed by atoms with Gasteiger partial charge in [0.05, 0.1) is 14.1 Å². The number of anilines is 2. The Bertz CT molecular complexity index is 759. The van der Waals surface area contributed by atoms with E-state index >= 15 is 0 Å². The molecule has 25 heavy (non-hydrogen) atoms. The zero-order valence-electron chi connectivity index (χ0n) is 14.7. The first kappa shape index (κ1) is 17.2. The van der Waals surface area contributed by atoms with Crippen molar-refractivity contribution in [2.45, 2.75) is 12.6 Å². The van der Waals surface area contributed by atoms with E-state index in [1.165, 1.54) is 5.56 Å². The van der Waals surface area contributed by atoms with Crippen LogP contribution in [0.25, 0.3) is 0 Å². The molecule has 0 aliphatic carbocycles. The van der Waals surface area contributed by atoms with Crippen molar-refractivity contribution in [1.82, 2.24) is 0 Å². The van der Waals surface area contributed by atoms with E-state index in [0.717, 1.165) is 30.6 Å². The van der Waals surface area contributed by atoms with E-state index in [1.54, 1.807) is 0 Å². The van der Waals surface area contributed by atoms with Gasteiger partial charge in [-0.1, -0.05) is 36.4 Å². The molecule has 0 spiro atoms. The highest BCUT2D eigenvalue weighted by molar-refractivity contribution is 5.91. The Labute approximate surface area is 148 Å². The summed E-state index contributed by atoms with van der Waals surface area (Å²) in [4.78, 5) is 26.5. The summed E-state index contributed by atoms with van der Waals surface area (Å²) in [5.74, 6) is -0.101. The summed E-state index contributed by atoms with van der Waals surface area (Å²) in [6, 6.07) is 17.5. The van der Waals surface area contributed by atoms with Crippen LogP contribution in [0.15, 0.2) is 54.6 Å². The van der Waals surface area contributed by atoms with E-state index in [1.807, 2.05) is 62.6 Å². The van der Waals surface area contributed by atoms with Gasteiger partial charge >= 0.3 is 0 Å². The van der Waals surface area contributed by atoms with Gasteiger partial charge in [0.1, 0.15) is 0 Å². The maximum atomic E-state index is 12.4. The molecule has 1 heterocycles. The first-order valence-corrected chi connectivity index (χ1v) is 8.49. The lowest BCUT2D eigenvalue weighted by atomic mass is 10.2. The van der Waals surface area contributed by atoms with Gasteiger partial charge in [0, 0.05) is 17.9 Å². The molecule has 0 radical (unpaired) electrons. The minimum absolute atomic E-state index is 0.101. The van der Waals surface area contributed by atoms with Crippen LogP contribution < -0.4 is 10.2 Å². The van der Waals surface area contributed by atoms with Crippen LogP contribution in [0.3, 0.4) is 0 Å². The predicted octanol–water partition coefficient (Wildman–Crippen LogP) is 2.29. The van der Waals surface area contributed by atoms with Gasteiger partial charge in [0.2, 0.25) is 6.17 Å². The number of carbonyl (C=O) groups is 2. The fraction of sp³-hybridized carbons (Fsp3) is 0.300. The summed E-state index contributed by atoms with van der Waals surface area (Å²) in [7, 11) is 3.84. The van der Waals surface area contributed by atoms with Crippen molar-refractivity contribution in [3.05, 3.63) is 60.2 Å². The molecule has 1 N–H and O–H groups in total. The first-order valence-electron chi connectivity index (χ1n) is 8.49. The zero-order valence-corrected chi connectivity index (χ0v) is 14.7. The molecular formula is C20H24N3O2+. The molecule has 0 aromatic heterocycles. The Morgan fingerprint density at radius 2 is 1.84 bits per heavy atom. The van der Waals surface area contributed by atoms with Crippen LogP contribution in [0.2, 0.25) is 0 Å². The van der Waals surface area contributed by atoms with E-state index < -0.39 is 6.17 Å². The molecule has 3 rings (SSSR count). The van der Waals surface area contributed by atoms with Gasteiger partial charge in [-0.2, -0.15) is 0 Å². The van der Waals surface area contributed by atoms with E-state index in [0.29, 0.717) is 0 Å². The largest absolute Gasteiger partial charge is 0.321 e. The summed E-state index contributed by atoms with van der Waals surface area (Å²) in [5, 5.41) is 2.90. The zero-order chi connectivity index (χ0) is 17.9. The topological polar surface area (TPSA) is 49.4 Å². The van der Waals surface area contributed by atoms with Gasteiger partial charge in [-0.15, -0.1) is 0 Å². The summed E-state index contributed by atoms with van der Waals surface area (Å²) in [6.45, 7) is 1.02. The number of fused-ring (bicyclic) bond motifs is 1. The van der Waals surface area contributed by atoms with Crippen LogP contribution in [0.5, 0.6) is 0 Å². The van der Waals surface area contributed by atoms with Gasteiger partial charge in [-0.05, 0) is 30.2 Å². The number of quaternary nitrogens is 1. The Hall–Kier alpha value is -2.66. The van der Waals surface area contributed by atoms with Crippen molar-refractivity contribution in [3.63, 3.8) is 0 Å². The van der Waals surface area contributed by atoms with Crippen molar-refractivity contribution in [2.75, 3.05) is 37.4 Å². The average molecular weight is 338 g/mol. The lowest BCUT2D eigenvalue weighted by Crippen LogP contribution is -2.60. The maximum absolute atomic E-state index is 12.4. The van der Waals surface area contributed by atoms with Crippen LogP contribution in [-0.4, -0.2) is 50.0 Å². The molecule has 1 aliphatic heterocycles. The second kappa shape index (κ2) is 7.07. The van der Waals surface area contributed by atoms with Crippen molar-refractivity contribution in [2.24, 2.45) is 0 Å². The lowest BCUT2D eigenvalue weighted by molar-refractivity contribution is -0.896. The molecule has 5 heteroatoms. The number of para-hydroxylation sites is 2. The monoisotopic (exact) mass is 338 g/mol. The SMILES string of the molecule is C[N+](C)(CC(=O)Nc1ccccc1)C(C=O)N1CCc2ccccc21. The summed E-state index contributed by atoms with van der Waals surface area (Å²) in [6.07, 6.45) is 1.49. The Balaban J connectivity index is 1.73. The third kappa shape index (κ3) is 3.72. The number of rotatable bonds is 6. The van der Waals surface area contributed by atoms with E-state index in [2.05, 4.69) is 16.3 Å². The van der Waals surface area contributed by atoms with E-state index in [-0.39, 0.29) is 16.9 Å². The van der Waals surface area contributed by atoms with Crippen LogP contribution in [0.1, 0.15) is 5.56 Å². The fourth-order valence-corrected chi connectivity index (χ4v) is 3.44. The molecule has 0 saturated carbocycles. The number of benzene rings is 2.